The molecule has 0 aliphatic heterocycles. The molecule has 0 radical (unpaired) electrons. The molecule has 6 nitrogen and oxygen atoms in total. The SMILES string of the molecule is COc1ccc(CCNC(=O)CCCCC(=O)NCCc2ccccc2)cc1OC. The van der Waals surface area contributed by atoms with Crippen LogP contribution in [0.15, 0.2) is 48.5 Å². The quantitative estimate of drug-likeness (QED) is 0.495. The molecule has 0 spiro atoms. The van der Waals surface area contributed by atoms with E-state index in [4.69, 9.17) is 9.47 Å². The van der Waals surface area contributed by atoms with Gasteiger partial charge in [-0.15, -0.1) is 0 Å². The first kappa shape index (κ1) is 23.3. The number of amides is 2. The Morgan fingerprint density at radius 1 is 0.733 bits per heavy atom. The topological polar surface area (TPSA) is 76.7 Å². The molecular formula is C24H32N2O4. The number of carbonyl (C=O) groups is 2. The van der Waals surface area contributed by atoms with Crippen LogP contribution in [0.25, 0.3) is 0 Å². The van der Waals surface area contributed by atoms with Crippen molar-refractivity contribution >= 4 is 11.8 Å². The fourth-order valence-corrected chi connectivity index (χ4v) is 3.12. The highest BCUT2D eigenvalue weighted by Crippen LogP contribution is 2.27. The first-order valence-electron chi connectivity index (χ1n) is 10.4. The van der Waals surface area contributed by atoms with E-state index in [0.717, 1.165) is 18.4 Å². The molecule has 2 aromatic carbocycles. The molecule has 2 aromatic rings. The summed E-state index contributed by atoms with van der Waals surface area (Å²) >= 11 is 0. The van der Waals surface area contributed by atoms with E-state index in [2.05, 4.69) is 22.8 Å². The van der Waals surface area contributed by atoms with Crippen LogP contribution in [0.3, 0.4) is 0 Å². The molecule has 6 heteroatoms. The summed E-state index contributed by atoms with van der Waals surface area (Å²) in [5.41, 5.74) is 2.28. The summed E-state index contributed by atoms with van der Waals surface area (Å²) in [5, 5.41) is 5.86. The highest BCUT2D eigenvalue weighted by molar-refractivity contribution is 5.77. The van der Waals surface area contributed by atoms with Crippen LogP contribution in [0, 0.1) is 0 Å². The van der Waals surface area contributed by atoms with Gasteiger partial charge in [-0.05, 0) is 48.9 Å². The second kappa shape index (κ2) is 13.2. The van der Waals surface area contributed by atoms with Crippen molar-refractivity contribution in [2.24, 2.45) is 0 Å². The maximum absolute atomic E-state index is 12.0. The Morgan fingerprint density at radius 2 is 1.30 bits per heavy atom. The van der Waals surface area contributed by atoms with Gasteiger partial charge in [-0.1, -0.05) is 36.4 Å². The normalized spacial score (nSPS) is 10.3. The molecule has 0 saturated carbocycles. The van der Waals surface area contributed by atoms with Crippen LogP contribution in [0.2, 0.25) is 0 Å². The highest BCUT2D eigenvalue weighted by Gasteiger charge is 2.06. The first-order chi connectivity index (χ1) is 14.6. The van der Waals surface area contributed by atoms with Crippen molar-refractivity contribution in [3.05, 3.63) is 59.7 Å². The third-order valence-corrected chi connectivity index (χ3v) is 4.82. The van der Waals surface area contributed by atoms with Gasteiger partial charge < -0.3 is 20.1 Å². The predicted molar refractivity (Wildman–Crippen MR) is 118 cm³/mol. The number of methoxy groups -OCH3 is 2. The molecule has 0 aliphatic rings. The van der Waals surface area contributed by atoms with Gasteiger partial charge >= 0.3 is 0 Å². The van der Waals surface area contributed by atoms with Crippen molar-refractivity contribution < 1.29 is 19.1 Å². The largest absolute Gasteiger partial charge is 0.493 e. The van der Waals surface area contributed by atoms with E-state index in [9.17, 15) is 9.59 Å². The predicted octanol–water partition coefficient (Wildman–Crippen LogP) is 3.28. The Labute approximate surface area is 179 Å². The van der Waals surface area contributed by atoms with Gasteiger partial charge in [0.15, 0.2) is 11.5 Å². The van der Waals surface area contributed by atoms with Crippen molar-refractivity contribution in [3.8, 4) is 11.5 Å². The van der Waals surface area contributed by atoms with Crippen molar-refractivity contribution in [3.63, 3.8) is 0 Å². The minimum Gasteiger partial charge on any atom is -0.493 e. The zero-order valence-electron chi connectivity index (χ0n) is 17.9. The third-order valence-electron chi connectivity index (χ3n) is 4.82. The lowest BCUT2D eigenvalue weighted by atomic mass is 10.1. The van der Waals surface area contributed by atoms with Crippen LogP contribution in [0.1, 0.15) is 36.8 Å². The van der Waals surface area contributed by atoms with Gasteiger partial charge in [0.2, 0.25) is 11.8 Å². The maximum Gasteiger partial charge on any atom is 0.220 e. The van der Waals surface area contributed by atoms with Crippen LogP contribution in [-0.2, 0) is 22.4 Å². The minimum atomic E-state index is 0.0139. The summed E-state index contributed by atoms with van der Waals surface area (Å²) in [4.78, 5) is 23.8. The standard InChI is InChI=1S/C24H32N2O4/c1-29-21-13-12-20(18-22(21)30-2)15-17-26-24(28)11-7-6-10-23(27)25-16-14-19-8-4-3-5-9-19/h3-5,8-9,12-13,18H,6-7,10-11,14-17H2,1-2H3,(H,25,27)(H,26,28). The molecule has 0 aliphatic carbocycles. The summed E-state index contributed by atoms with van der Waals surface area (Å²) < 4.78 is 10.5. The molecule has 0 fully saturated rings. The average molecular weight is 413 g/mol. The second-order valence-electron chi connectivity index (χ2n) is 7.08. The van der Waals surface area contributed by atoms with Gasteiger partial charge in [0.05, 0.1) is 14.2 Å². The molecule has 0 aromatic heterocycles. The van der Waals surface area contributed by atoms with Crippen molar-refractivity contribution in [1.82, 2.24) is 10.6 Å². The number of nitrogens with one attached hydrogen (secondary N) is 2. The maximum atomic E-state index is 12.0. The molecular weight excluding hydrogens is 380 g/mol. The molecule has 0 unspecified atom stereocenters. The van der Waals surface area contributed by atoms with E-state index in [0.29, 0.717) is 50.3 Å². The number of unbranched alkanes of at least 4 members (excludes halogenated alkanes) is 1. The van der Waals surface area contributed by atoms with E-state index < -0.39 is 0 Å². The van der Waals surface area contributed by atoms with E-state index >= 15 is 0 Å². The minimum absolute atomic E-state index is 0.0139. The zero-order chi connectivity index (χ0) is 21.6. The van der Waals surface area contributed by atoms with Crippen LogP contribution >= 0.6 is 0 Å². The van der Waals surface area contributed by atoms with E-state index in [1.807, 2.05) is 36.4 Å². The van der Waals surface area contributed by atoms with Gasteiger partial charge in [-0.25, -0.2) is 0 Å². The van der Waals surface area contributed by atoms with E-state index in [1.54, 1.807) is 14.2 Å². The second-order valence-corrected chi connectivity index (χ2v) is 7.08. The Balaban J connectivity index is 1.53. The van der Waals surface area contributed by atoms with E-state index in [1.165, 1.54) is 5.56 Å². The van der Waals surface area contributed by atoms with Crippen LogP contribution in [0.5, 0.6) is 11.5 Å². The monoisotopic (exact) mass is 412 g/mol. The molecule has 2 amide bonds. The van der Waals surface area contributed by atoms with E-state index in [-0.39, 0.29) is 11.8 Å². The molecule has 0 saturated heterocycles. The summed E-state index contributed by atoms with van der Waals surface area (Å²) in [7, 11) is 3.21. The molecule has 162 valence electrons. The van der Waals surface area contributed by atoms with Gasteiger partial charge in [0.25, 0.3) is 0 Å². The number of carbonyl (C=O) groups excluding carboxylic acids is 2. The van der Waals surface area contributed by atoms with Crippen LogP contribution in [-0.4, -0.2) is 39.1 Å². The average Bonchev–Trinajstić information content (AvgIpc) is 2.77. The Hall–Kier alpha value is -3.02. The van der Waals surface area contributed by atoms with Crippen LogP contribution < -0.4 is 20.1 Å². The number of benzene rings is 2. The van der Waals surface area contributed by atoms with Crippen molar-refractivity contribution in [2.45, 2.75) is 38.5 Å². The smallest absolute Gasteiger partial charge is 0.220 e. The van der Waals surface area contributed by atoms with Crippen molar-refractivity contribution in [1.29, 1.82) is 0 Å². The van der Waals surface area contributed by atoms with Gasteiger partial charge in [-0.3, -0.25) is 9.59 Å². The zero-order valence-corrected chi connectivity index (χ0v) is 17.9. The number of hydrogen-bond donors (Lipinski definition) is 2. The molecule has 2 rings (SSSR count). The lowest BCUT2D eigenvalue weighted by molar-refractivity contribution is -0.123. The summed E-state index contributed by atoms with van der Waals surface area (Å²) in [6.07, 6.45) is 3.84. The van der Waals surface area contributed by atoms with Gasteiger partial charge in [0.1, 0.15) is 0 Å². The number of rotatable bonds is 13. The number of ether oxygens (including phenoxy) is 2. The Bertz CT molecular complexity index is 793. The third kappa shape index (κ3) is 8.55. The molecule has 0 atom stereocenters. The molecule has 0 bridgehead atoms. The number of hydrogen-bond acceptors (Lipinski definition) is 4. The molecule has 2 N–H and O–H groups in total. The molecule has 30 heavy (non-hydrogen) atoms. The van der Waals surface area contributed by atoms with Crippen LogP contribution in [0.4, 0.5) is 0 Å². The fourth-order valence-electron chi connectivity index (χ4n) is 3.12. The lowest BCUT2D eigenvalue weighted by Crippen LogP contribution is -2.26. The van der Waals surface area contributed by atoms with Gasteiger partial charge in [-0.2, -0.15) is 0 Å². The highest BCUT2D eigenvalue weighted by atomic mass is 16.5. The first-order valence-corrected chi connectivity index (χ1v) is 10.4. The summed E-state index contributed by atoms with van der Waals surface area (Å²) in [6, 6.07) is 15.8. The summed E-state index contributed by atoms with van der Waals surface area (Å²) in [6.45, 7) is 1.20. The van der Waals surface area contributed by atoms with Crippen molar-refractivity contribution in [2.75, 3.05) is 27.3 Å². The summed E-state index contributed by atoms with van der Waals surface area (Å²) in [5.74, 6) is 1.43. The molecule has 0 heterocycles. The fraction of sp³-hybridized carbons (Fsp3) is 0.417. The van der Waals surface area contributed by atoms with Gasteiger partial charge in [0, 0.05) is 25.9 Å². The Kier molecular flexibility index (Phi) is 10.3. The lowest BCUT2D eigenvalue weighted by Gasteiger charge is -2.10. The Morgan fingerprint density at radius 3 is 1.87 bits per heavy atom.